The second kappa shape index (κ2) is 11.4. The number of aliphatic hydroxyl groups excluding tert-OH is 1. The SMILES string of the molecule is CN=C(NCCCC(=O)N1CCc2ccccc2C1)NCC(CO)c1ccccc1. The molecule has 0 saturated carbocycles. The van der Waals surface area contributed by atoms with Crippen molar-refractivity contribution in [2.24, 2.45) is 4.99 Å². The number of fused-ring (bicyclic) bond motifs is 1. The molecule has 0 fully saturated rings. The van der Waals surface area contributed by atoms with Crippen LogP contribution in [0.5, 0.6) is 0 Å². The summed E-state index contributed by atoms with van der Waals surface area (Å²) >= 11 is 0. The summed E-state index contributed by atoms with van der Waals surface area (Å²) in [6.45, 7) is 2.85. The van der Waals surface area contributed by atoms with Crippen molar-refractivity contribution in [2.45, 2.75) is 31.7 Å². The number of carbonyl (C=O) groups excluding carboxylic acids is 1. The first-order chi connectivity index (χ1) is 14.7. The highest BCUT2D eigenvalue weighted by molar-refractivity contribution is 5.80. The molecule has 3 N–H and O–H groups in total. The molecule has 30 heavy (non-hydrogen) atoms. The molecular formula is C24H32N4O2. The average molecular weight is 409 g/mol. The molecule has 0 aromatic heterocycles. The van der Waals surface area contributed by atoms with Gasteiger partial charge in [-0.2, -0.15) is 0 Å². The second-order valence-electron chi connectivity index (χ2n) is 7.61. The number of guanidine groups is 1. The minimum Gasteiger partial charge on any atom is -0.396 e. The van der Waals surface area contributed by atoms with Crippen LogP contribution in [0.1, 0.15) is 35.4 Å². The van der Waals surface area contributed by atoms with Gasteiger partial charge in [0.25, 0.3) is 0 Å². The number of hydrogen-bond acceptors (Lipinski definition) is 3. The summed E-state index contributed by atoms with van der Waals surface area (Å²) in [6.07, 6.45) is 2.21. The van der Waals surface area contributed by atoms with Gasteiger partial charge in [-0.1, -0.05) is 54.6 Å². The van der Waals surface area contributed by atoms with Crippen LogP contribution in [-0.2, 0) is 17.8 Å². The molecule has 0 aliphatic carbocycles. The monoisotopic (exact) mass is 408 g/mol. The van der Waals surface area contributed by atoms with Crippen LogP contribution in [0.3, 0.4) is 0 Å². The number of nitrogens with one attached hydrogen (secondary N) is 2. The van der Waals surface area contributed by atoms with Gasteiger partial charge in [0.05, 0.1) is 6.61 Å². The quantitative estimate of drug-likeness (QED) is 0.356. The molecule has 0 radical (unpaired) electrons. The van der Waals surface area contributed by atoms with Crippen molar-refractivity contribution in [3.8, 4) is 0 Å². The Hall–Kier alpha value is -2.86. The summed E-state index contributed by atoms with van der Waals surface area (Å²) in [6, 6.07) is 18.3. The lowest BCUT2D eigenvalue weighted by Crippen LogP contribution is -2.41. The van der Waals surface area contributed by atoms with Crippen LogP contribution in [0.4, 0.5) is 0 Å². The van der Waals surface area contributed by atoms with Crippen molar-refractivity contribution in [2.75, 3.05) is 33.3 Å². The third-order valence-corrected chi connectivity index (χ3v) is 5.57. The Labute approximate surface area is 179 Å². The van der Waals surface area contributed by atoms with Gasteiger partial charge in [0.15, 0.2) is 5.96 Å². The molecule has 3 rings (SSSR count). The maximum Gasteiger partial charge on any atom is 0.222 e. The fourth-order valence-corrected chi connectivity index (χ4v) is 3.77. The smallest absolute Gasteiger partial charge is 0.222 e. The zero-order valence-electron chi connectivity index (χ0n) is 17.7. The summed E-state index contributed by atoms with van der Waals surface area (Å²) in [7, 11) is 1.72. The molecule has 2 aromatic rings. The second-order valence-corrected chi connectivity index (χ2v) is 7.61. The average Bonchev–Trinajstić information content (AvgIpc) is 2.81. The molecule has 160 valence electrons. The fourth-order valence-electron chi connectivity index (χ4n) is 3.77. The zero-order chi connectivity index (χ0) is 21.2. The Balaban J connectivity index is 1.37. The van der Waals surface area contributed by atoms with E-state index in [2.05, 4.69) is 33.8 Å². The van der Waals surface area contributed by atoms with Gasteiger partial charge >= 0.3 is 0 Å². The van der Waals surface area contributed by atoms with Crippen LogP contribution in [0.25, 0.3) is 0 Å². The van der Waals surface area contributed by atoms with Crippen LogP contribution in [-0.4, -0.2) is 55.2 Å². The highest BCUT2D eigenvalue weighted by Gasteiger charge is 2.19. The van der Waals surface area contributed by atoms with Crippen molar-refractivity contribution in [1.29, 1.82) is 0 Å². The van der Waals surface area contributed by atoms with Gasteiger partial charge in [0, 0.05) is 45.6 Å². The van der Waals surface area contributed by atoms with E-state index in [0.29, 0.717) is 32.0 Å². The van der Waals surface area contributed by atoms with E-state index in [-0.39, 0.29) is 18.4 Å². The van der Waals surface area contributed by atoms with Gasteiger partial charge in [-0.25, -0.2) is 0 Å². The van der Waals surface area contributed by atoms with E-state index in [4.69, 9.17) is 0 Å². The summed E-state index contributed by atoms with van der Waals surface area (Å²) in [5, 5.41) is 16.2. The molecule has 1 amide bonds. The van der Waals surface area contributed by atoms with Crippen molar-refractivity contribution >= 4 is 11.9 Å². The zero-order valence-corrected chi connectivity index (χ0v) is 17.7. The Morgan fingerprint density at radius 2 is 1.83 bits per heavy atom. The topological polar surface area (TPSA) is 77.0 Å². The van der Waals surface area contributed by atoms with Gasteiger partial charge < -0.3 is 20.6 Å². The predicted molar refractivity (Wildman–Crippen MR) is 120 cm³/mol. The molecule has 0 bridgehead atoms. The van der Waals surface area contributed by atoms with E-state index in [9.17, 15) is 9.90 Å². The predicted octanol–water partition coefficient (Wildman–Crippen LogP) is 2.29. The lowest BCUT2D eigenvalue weighted by Gasteiger charge is -2.29. The minimum absolute atomic E-state index is 0.00769. The third-order valence-electron chi connectivity index (χ3n) is 5.57. The summed E-state index contributed by atoms with van der Waals surface area (Å²) in [5.74, 6) is 0.899. The molecule has 1 heterocycles. The number of benzene rings is 2. The van der Waals surface area contributed by atoms with Crippen LogP contribution in [0, 0.1) is 0 Å². The molecule has 6 heteroatoms. The fraction of sp³-hybridized carbons (Fsp3) is 0.417. The normalized spacial score (nSPS) is 14.7. The number of aliphatic imine (C=N–C) groups is 1. The molecule has 6 nitrogen and oxygen atoms in total. The lowest BCUT2D eigenvalue weighted by molar-refractivity contribution is -0.132. The number of amides is 1. The first-order valence-corrected chi connectivity index (χ1v) is 10.7. The van der Waals surface area contributed by atoms with E-state index in [1.807, 2.05) is 41.3 Å². The first-order valence-electron chi connectivity index (χ1n) is 10.7. The Bertz CT molecular complexity index is 838. The molecule has 1 atom stereocenters. The Kier molecular flexibility index (Phi) is 8.27. The summed E-state index contributed by atoms with van der Waals surface area (Å²) < 4.78 is 0. The van der Waals surface area contributed by atoms with Crippen LogP contribution in [0.15, 0.2) is 59.6 Å². The highest BCUT2D eigenvalue weighted by atomic mass is 16.3. The number of hydrogen-bond donors (Lipinski definition) is 3. The van der Waals surface area contributed by atoms with Crippen molar-refractivity contribution in [3.05, 3.63) is 71.3 Å². The first kappa shape index (κ1) is 21.8. The van der Waals surface area contributed by atoms with Gasteiger partial charge in [0.2, 0.25) is 5.91 Å². The Morgan fingerprint density at radius 3 is 2.57 bits per heavy atom. The molecule has 1 unspecified atom stereocenters. The van der Waals surface area contributed by atoms with Gasteiger partial charge in [0.1, 0.15) is 0 Å². The minimum atomic E-state index is 0.00769. The maximum absolute atomic E-state index is 12.6. The Morgan fingerprint density at radius 1 is 1.10 bits per heavy atom. The van der Waals surface area contributed by atoms with E-state index >= 15 is 0 Å². The summed E-state index contributed by atoms with van der Waals surface area (Å²) in [4.78, 5) is 18.8. The number of nitrogens with zero attached hydrogens (tertiary/aromatic N) is 2. The van der Waals surface area contributed by atoms with E-state index in [1.165, 1.54) is 11.1 Å². The van der Waals surface area contributed by atoms with Crippen molar-refractivity contribution in [3.63, 3.8) is 0 Å². The van der Waals surface area contributed by atoms with Gasteiger partial charge in [-0.15, -0.1) is 0 Å². The molecule has 0 saturated heterocycles. The van der Waals surface area contributed by atoms with Crippen molar-refractivity contribution < 1.29 is 9.90 Å². The lowest BCUT2D eigenvalue weighted by atomic mass is 9.99. The van der Waals surface area contributed by atoms with Crippen molar-refractivity contribution in [1.82, 2.24) is 15.5 Å². The third kappa shape index (κ3) is 6.07. The van der Waals surface area contributed by atoms with Crippen LogP contribution in [0.2, 0.25) is 0 Å². The van der Waals surface area contributed by atoms with Gasteiger partial charge in [-0.3, -0.25) is 9.79 Å². The standard InChI is InChI=1S/C24H32N4O2/c1-25-24(27-16-22(18-29)19-8-3-2-4-9-19)26-14-7-12-23(30)28-15-13-20-10-5-6-11-21(20)17-28/h2-6,8-11,22,29H,7,12-18H2,1H3,(H2,25,26,27). The number of aliphatic hydroxyl groups is 1. The van der Waals surface area contributed by atoms with Crippen LogP contribution < -0.4 is 10.6 Å². The highest BCUT2D eigenvalue weighted by Crippen LogP contribution is 2.19. The summed E-state index contributed by atoms with van der Waals surface area (Å²) in [5.41, 5.74) is 3.71. The van der Waals surface area contributed by atoms with Crippen LogP contribution >= 0.6 is 0 Å². The molecular weight excluding hydrogens is 376 g/mol. The van der Waals surface area contributed by atoms with E-state index in [1.54, 1.807) is 7.05 Å². The molecule has 1 aliphatic heterocycles. The number of carbonyl (C=O) groups is 1. The molecule has 2 aromatic carbocycles. The molecule has 0 spiro atoms. The van der Waals surface area contributed by atoms with E-state index in [0.717, 1.165) is 24.9 Å². The number of rotatable bonds is 8. The van der Waals surface area contributed by atoms with Gasteiger partial charge in [-0.05, 0) is 29.5 Å². The maximum atomic E-state index is 12.6. The largest absolute Gasteiger partial charge is 0.396 e. The van der Waals surface area contributed by atoms with E-state index < -0.39 is 0 Å². The molecule has 1 aliphatic rings.